The van der Waals surface area contributed by atoms with Crippen LogP contribution in [0.15, 0.2) is 28.0 Å². The smallest absolute Gasteiger partial charge is 0.330 e. The lowest BCUT2D eigenvalue weighted by Gasteiger charge is -2.24. The molecule has 0 saturated carbocycles. The maximum atomic E-state index is 12.3. The van der Waals surface area contributed by atoms with Gasteiger partial charge in [0, 0.05) is 18.5 Å². The Balaban J connectivity index is 1.50. The molecule has 0 amide bonds. The molecule has 4 heterocycles. The number of rotatable bonds is 7. The molecule has 2 aliphatic rings. The van der Waals surface area contributed by atoms with E-state index in [1.807, 2.05) is 20.0 Å². The van der Waals surface area contributed by atoms with E-state index in [2.05, 4.69) is 15.3 Å². The van der Waals surface area contributed by atoms with Gasteiger partial charge in [-0.2, -0.15) is 0 Å². The van der Waals surface area contributed by atoms with E-state index in [4.69, 9.17) is 14.2 Å². The third kappa shape index (κ3) is 4.38. The van der Waals surface area contributed by atoms with Gasteiger partial charge in [0.05, 0.1) is 18.3 Å². The Morgan fingerprint density at radius 3 is 2.80 bits per heavy atom. The molecule has 2 N–H and O–H groups in total. The SMILES string of the molecule is C[C@@H](O)CCCc1cn(C[C@H]2O[C@@H](n3ccc(=O)[nH]c3=O)[C@@H]3OC(C)(C)O[C@@H]32)nn1. The van der Waals surface area contributed by atoms with Crippen molar-refractivity contribution in [1.82, 2.24) is 24.5 Å². The second-order valence-corrected chi connectivity index (χ2v) is 8.32. The zero-order valence-electron chi connectivity index (χ0n) is 17.2. The first-order valence-corrected chi connectivity index (χ1v) is 10.1. The van der Waals surface area contributed by atoms with Crippen LogP contribution in [-0.2, 0) is 27.2 Å². The summed E-state index contributed by atoms with van der Waals surface area (Å²) < 4.78 is 21.2. The van der Waals surface area contributed by atoms with Crippen molar-refractivity contribution in [3.63, 3.8) is 0 Å². The fraction of sp³-hybridized carbons (Fsp3) is 0.684. The second kappa shape index (κ2) is 8.06. The minimum absolute atomic E-state index is 0.333. The Kier molecular flexibility index (Phi) is 5.62. The monoisotopic (exact) mass is 421 g/mol. The quantitative estimate of drug-likeness (QED) is 0.636. The number of H-pyrrole nitrogens is 1. The number of aliphatic hydroxyl groups excluding tert-OH is 1. The lowest BCUT2D eigenvalue weighted by atomic mass is 10.1. The zero-order chi connectivity index (χ0) is 21.5. The van der Waals surface area contributed by atoms with Crippen LogP contribution in [0.2, 0.25) is 0 Å². The highest BCUT2D eigenvalue weighted by Gasteiger charge is 2.56. The lowest BCUT2D eigenvalue weighted by molar-refractivity contribution is -0.198. The first-order chi connectivity index (χ1) is 14.2. The molecule has 2 fully saturated rings. The molecule has 2 aromatic rings. The van der Waals surface area contributed by atoms with Crippen LogP contribution < -0.4 is 11.2 Å². The summed E-state index contributed by atoms with van der Waals surface area (Å²) in [5.74, 6) is -0.823. The molecular formula is C19H27N5O6. The Morgan fingerprint density at radius 2 is 2.07 bits per heavy atom. The minimum Gasteiger partial charge on any atom is -0.393 e. The Hall–Kier alpha value is -2.34. The third-order valence-electron chi connectivity index (χ3n) is 5.26. The number of aromatic amines is 1. The number of nitrogens with one attached hydrogen (secondary N) is 1. The van der Waals surface area contributed by atoms with Crippen LogP contribution in [-0.4, -0.2) is 59.9 Å². The first-order valence-electron chi connectivity index (χ1n) is 10.1. The maximum Gasteiger partial charge on any atom is 0.330 e. The van der Waals surface area contributed by atoms with E-state index < -0.39 is 41.6 Å². The van der Waals surface area contributed by atoms with Gasteiger partial charge in [0.15, 0.2) is 12.0 Å². The van der Waals surface area contributed by atoms with Crippen molar-refractivity contribution in [3.8, 4) is 0 Å². The molecule has 0 aliphatic carbocycles. The van der Waals surface area contributed by atoms with Crippen molar-refractivity contribution in [1.29, 1.82) is 0 Å². The van der Waals surface area contributed by atoms with Crippen LogP contribution in [0.25, 0.3) is 0 Å². The molecule has 0 spiro atoms. The van der Waals surface area contributed by atoms with Crippen LogP contribution in [0.3, 0.4) is 0 Å². The zero-order valence-corrected chi connectivity index (χ0v) is 17.2. The van der Waals surface area contributed by atoms with E-state index in [1.165, 1.54) is 16.8 Å². The van der Waals surface area contributed by atoms with E-state index in [-0.39, 0.29) is 6.10 Å². The standard InChI is InChI=1S/C19H27N5O6/c1-11(25)5-4-6-12-9-23(22-21-12)10-13-15-16(30-19(2,3)29-15)17(28-13)24-8-7-14(26)20-18(24)27/h7-9,11,13,15-17,25H,4-6,10H2,1-3H3,(H,20,26,27)/t11-,13-,15-,16-,17-/m1/s1. The summed E-state index contributed by atoms with van der Waals surface area (Å²) in [5.41, 5.74) is -0.208. The van der Waals surface area contributed by atoms with Gasteiger partial charge in [-0.25, -0.2) is 9.48 Å². The summed E-state index contributed by atoms with van der Waals surface area (Å²) in [7, 11) is 0. The number of aryl methyl sites for hydroxylation is 1. The van der Waals surface area contributed by atoms with Gasteiger partial charge in [0.1, 0.15) is 18.3 Å². The van der Waals surface area contributed by atoms with E-state index >= 15 is 0 Å². The summed E-state index contributed by atoms with van der Waals surface area (Å²) >= 11 is 0. The molecule has 4 rings (SSSR count). The molecular weight excluding hydrogens is 394 g/mol. The van der Waals surface area contributed by atoms with Gasteiger partial charge in [-0.05, 0) is 40.0 Å². The normalized spacial score (nSPS) is 28.5. The number of ether oxygens (including phenoxy) is 3. The van der Waals surface area contributed by atoms with Crippen LogP contribution in [0.1, 0.15) is 45.5 Å². The van der Waals surface area contributed by atoms with Gasteiger partial charge in [-0.15, -0.1) is 5.10 Å². The molecule has 164 valence electrons. The summed E-state index contributed by atoms with van der Waals surface area (Å²) in [4.78, 5) is 25.9. The highest BCUT2D eigenvalue weighted by atomic mass is 16.8. The molecule has 5 atom stereocenters. The fourth-order valence-electron chi connectivity index (χ4n) is 3.96. The summed E-state index contributed by atoms with van der Waals surface area (Å²) in [6, 6.07) is 1.27. The molecule has 2 saturated heterocycles. The van der Waals surface area contributed by atoms with E-state index in [0.29, 0.717) is 13.0 Å². The largest absolute Gasteiger partial charge is 0.393 e. The molecule has 0 aromatic carbocycles. The number of nitrogens with zero attached hydrogens (tertiary/aromatic N) is 4. The summed E-state index contributed by atoms with van der Waals surface area (Å²) in [6.07, 6.45) is 3.09. The Bertz CT molecular complexity index is 996. The highest BCUT2D eigenvalue weighted by Crippen LogP contribution is 2.42. The van der Waals surface area contributed by atoms with Crippen LogP contribution in [0, 0.1) is 0 Å². The molecule has 2 aromatic heterocycles. The molecule has 30 heavy (non-hydrogen) atoms. The number of aliphatic hydroxyl groups is 1. The van der Waals surface area contributed by atoms with Gasteiger partial charge in [0.25, 0.3) is 5.56 Å². The number of fused-ring (bicyclic) bond motifs is 1. The molecule has 2 aliphatic heterocycles. The lowest BCUT2D eigenvalue weighted by Crippen LogP contribution is -2.37. The Morgan fingerprint density at radius 1 is 1.30 bits per heavy atom. The van der Waals surface area contributed by atoms with Gasteiger partial charge in [0.2, 0.25) is 0 Å². The van der Waals surface area contributed by atoms with Crippen molar-refractivity contribution in [2.24, 2.45) is 0 Å². The van der Waals surface area contributed by atoms with Crippen molar-refractivity contribution in [2.75, 3.05) is 0 Å². The van der Waals surface area contributed by atoms with Gasteiger partial charge < -0.3 is 19.3 Å². The van der Waals surface area contributed by atoms with Crippen molar-refractivity contribution < 1.29 is 19.3 Å². The third-order valence-corrected chi connectivity index (χ3v) is 5.26. The predicted octanol–water partition coefficient (Wildman–Crippen LogP) is -0.0507. The van der Waals surface area contributed by atoms with Crippen molar-refractivity contribution in [3.05, 3.63) is 45.0 Å². The Labute approximate surface area is 172 Å². The molecule has 11 heteroatoms. The molecule has 0 radical (unpaired) electrons. The van der Waals surface area contributed by atoms with E-state index in [0.717, 1.165) is 18.5 Å². The van der Waals surface area contributed by atoms with E-state index in [9.17, 15) is 14.7 Å². The van der Waals surface area contributed by atoms with Crippen molar-refractivity contribution in [2.45, 2.75) is 83.0 Å². The highest BCUT2D eigenvalue weighted by molar-refractivity contribution is 5.00. The number of hydrogen-bond acceptors (Lipinski definition) is 8. The molecule has 0 unspecified atom stereocenters. The second-order valence-electron chi connectivity index (χ2n) is 8.32. The van der Waals surface area contributed by atoms with Crippen LogP contribution >= 0.6 is 0 Å². The fourth-order valence-corrected chi connectivity index (χ4v) is 3.96. The van der Waals surface area contributed by atoms with E-state index in [1.54, 1.807) is 11.6 Å². The average Bonchev–Trinajstić information content (AvgIpc) is 3.30. The van der Waals surface area contributed by atoms with Crippen molar-refractivity contribution >= 4 is 0 Å². The predicted molar refractivity (Wildman–Crippen MR) is 104 cm³/mol. The van der Waals surface area contributed by atoms with Crippen LogP contribution in [0.5, 0.6) is 0 Å². The van der Waals surface area contributed by atoms with Gasteiger partial charge >= 0.3 is 5.69 Å². The molecule has 0 bridgehead atoms. The molecule has 11 nitrogen and oxygen atoms in total. The van der Waals surface area contributed by atoms with Gasteiger partial charge in [-0.1, -0.05) is 5.21 Å². The summed E-state index contributed by atoms with van der Waals surface area (Å²) in [5, 5.41) is 17.7. The average molecular weight is 421 g/mol. The minimum atomic E-state index is -0.823. The topological polar surface area (TPSA) is 133 Å². The summed E-state index contributed by atoms with van der Waals surface area (Å²) in [6.45, 7) is 5.76. The van der Waals surface area contributed by atoms with Gasteiger partial charge in [-0.3, -0.25) is 14.3 Å². The number of aromatic nitrogens is 5. The maximum absolute atomic E-state index is 12.3. The van der Waals surface area contributed by atoms with Crippen LogP contribution in [0.4, 0.5) is 0 Å². The first kappa shape index (κ1) is 20.9. The number of hydrogen-bond donors (Lipinski definition) is 2.